The van der Waals surface area contributed by atoms with Crippen molar-refractivity contribution in [3.05, 3.63) is 105 Å². The highest BCUT2D eigenvalue weighted by molar-refractivity contribution is 6.31. The van der Waals surface area contributed by atoms with E-state index >= 15 is 0 Å². The van der Waals surface area contributed by atoms with Gasteiger partial charge in [0.05, 0.1) is 16.7 Å². The first-order valence-corrected chi connectivity index (χ1v) is 12.4. The molecule has 0 amide bonds. The third-order valence-corrected chi connectivity index (χ3v) is 6.47. The Hall–Kier alpha value is -2.81. The monoisotopic (exact) mass is 582 g/mol. The smallest absolute Gasteiger partial charge is 0.338 e. The van der Waals surface area contributed by atoms with Gasteiger partial charge in [-0.05, 0) is 72.8 Å². The third-order valence-electron chi connectivity index (χ3n) is 5.36. The number of benzene rings is 3. The summed E-state index contributed by atoms with van der Waals surface area (Å²) in [5.41, 5.74) is -0.542. The van der Waals surface area contributed by atoms with Crippen LogP contribution in [0.25, 0.3) is 0 Å². The van der Waals surface area contributed by atoms with Gasteiger partial charge in [0.1, 0.15) is 12.7 Å². The number of alkyl halides is 1. The van der Waals surface area contributed by atoms with Crippen molar-refractivity contribution < 1.29 is 33.3 Å². The number of hydrogen-bond acceptors (Lipinski definition) is 7. The Labute approximate surface area is 232 Å². The second-order valence-electron chi connectivity index (χ2n) is 7.88. The Bertz CT molecular complexity index is 1260. The van der Waals surface area contributed by atoms with Gasteiger partial charge in [-0.25, -0.2) is 14.4 Å². The largest absolute Gasteiger partial charge is 0.459 e. The number of carbonyl (C=O) groups is 3. The standard InChI is InChI=1S/C26H18Cl4O7/c27-17-7-1-14(2-8-17)24(31)34-13-20-21(36-25(32)15-3-9-18(28)10-4-15)22(23(30)35-20)37-26(33)16-5-11-19(29)12-6-16/h1-12,20-23H,13H2/t20-,21+,22+,23+/m0/s1. The summed E-state index contributed by atoms with van der Waals surface area (Å²) in [6.07, 6.45) is -3.43. The van der Waals surface area contributed by atoms with Gasteiger partial charge in [-0.2, -0.15) is 0 Å². The van der Waals surface area contributed by atoms with Crippen LogP contribution in [-0.4, -0.2) is 48.4 Å². The Morgan fingerprint density at radius 2 is 1.00 bits per heavy atom. The molecule has 1 aliphatic heterocycles. The van der Waals surface area contributed by atoms with Crippen LogP contribution in [0.15, 0.2) is 72.8 Å². The lowest BCUT2D eigenvalue weighted by molar-refractivity contribution is -0.0435. The summed E-state index contributed by atoms with van der Waals surface area (Å²) < 4.78 is 22.2. The molecule has 4 atom stereocenters. The van der Waals surface area contributed by atoms with E-state index in [1.165, 1.54) is 60.7 Å². The van der Waals surface area contributed by atoms with Gasteiger partial charge in [0.25, 0.3) is 0 Å². The molecule has 0 unspecified atom stereocenters. The van der Waals surface area contributed by atoms with Crippen molar-refractivity contribution in [2.75, 3.05) is 6.61 Å². The number of carbonyl (C=O) groups excluding carboxylic acids is 3. The van der Waals surface area contributed by atoms with Crippen LogP contribution in [0.5, 0.6) is 0 Å². The minimum absolute atomic E-state index is 0.196. The number of hydrogen-bond donors (Lipinski definition) is 0. The van der Waals surface area contributed by atoms with E-state index < -0.39 is 41.8 Å². The van der Waals surface area contributed by atoms with Gasteiger partial charge in [0.2, 0.25) is 0 Å². The molecule has 0 aliphatic carbocycles. The summed E-state index contributed by atoms with van der Waals surface area (Å²) in [4.78, 5) is 38.1. The van der Waals surface area contributed by atoms with Crippen LogP contribution < -0.4 is 0 Å². The zero-order valence-corrected chi connectivity index (χ0v) is 21.8. The van der Waals surface area contributed by atoms with Crippen LogP contribution in [0.1, 0.15) is 31.1 Å². The summed E-state index contributed by atoms with van der Waals surface area (Å²) in [6, 6.07) is 18.1. The molecule has 37 heavy (non-hydrogen) atoms. The molecule has 1 saturated heterocycles. The fourth-order valence-electron chi connectivity index (χ4n) is 3.46. The van der Waals surface area contributed by atoms with E-state index in [9.17, 15) is 14.4 Å². The van der Waals surface area contributed by atoms with Crippen LogP contribution in [0.4, 0.5) is 0 Å². The highest BCUT2D eigenvalue weighted by Gasteiger charge is 2.49. The molecule has 1 fully saturated rings. The van der Waals surface area contributed by atoms with Crippen LogP contribution in [0, 0.1) is 0 Å². The van der Waals surface area contributed by atoms with E-state index in [1.54, 1.807) is 12.1 Å². The van der Waals surface area contributed by atoms with Crippen molar-refractivity contribution in [1.82, 2.24) is 0 Å². The molecule has 7 nitrogen and oxygen atoms in total. The zero-order chi connectivity index (χ0) is 26.5. The fourth-order valence-corrected chi connectivity index (χ4v) is 4.17. The highest BCUT2D eigenvalue weighted by Crippen LogP contribution is 2.31. The first-order valence-electron chi connectivity index (χ1n) is 10.9. The summed E-state index contributed by atoms with van der Waals surface area (Å²) in [5, 5.41) is 1.33. The van der Waals surface area contributed by atoms with Crippen molar-refractivity contribution in [3.8, 4) is 0 Å². The molecule has 1 aliphatic rings. The molecule has 3 aromatic carbocycles. The first kappa shape index (κ1) is 27.2. The van der Waals surface area contributed by atoms with E-state index in [0.717, 1.165) is 0 Å². The summed E-state index contributed by atoms with van der Waals surface area (Å²) in [6.45, 7) is -0.335. The number of halogens is 4. The Morgan fingerprint density at radius 3 is 1.43 bits per heavy atom. The number of rotatable bonds is 7. The van der Waals surface area contributed by atoms with Crippen LogP contribution in [0.2, 0.25) is 15.1 Å². The lowest BCUT2D eigenvalue weighted by atomic mass is 10.1. The maximum absolute atomic E-state index is 12.9. The second kappa shape index (κ2) is 12.2. The summed E-state index contributed by atoms with van der Waals surface area (Å²) in [7, 11) is 0. The van der Waals surface area contributed by atoms with Gasteiger partial charge in [-0.15, -0.1) is 0 Å². The quantitative estimate of drug-likeness (QED) is 0.185. The van der Waals surface area contributed by atoms with Crippen molar-refractivity contribution in [1.29, 1.82) is 0 Å². The van der Waals surface area contributed by atoms with Gasteiger partial charge >= 0.3 is 17.9 Å². The van der Waals surface area contributed by atoms with Gasteiger partial charge in [-0.3, -0.25) is 0 Å². The SMILES string of the molecule is O=C(OC[C@@H]1O[C@@H](Cl)[C@H](OC(=O)c2ccc(Cl)cc2)[C@@H]1OC(=O)c1ccc(Cl)cc1)c1ccc(Cl)cc1. The van der Waals surface area contributed by atoms with E-state index in [2.05, 4.69) is 0 Å². The molecule has 3 aromatic rings. The maximum atomic E-state index is 12.9. The molecule has 0 radical (unpaired) electrons. The zero-order valence-electron chi connectivity index (χ0n) is 18.8. The van der Waals surface area contributed by atoms with Crippen molar-refractivity contribution >= 4 is 64.3 Å². The number of ether oxygens (including phenoxy) is 4. The minimum atomic E-state index is -1.21. The second-order valence-corrected chi connectivity index (χ2v) is 9.62. The molecule has 0 spiro atoms. The third kappa shape index (κ3) is 6.94. The predicted molar refractivity (Wildman–Crippen MR) is 138 cm³/mol. The van der Waals surface area contributed by atoms with Crippen molar-refractivity contribution in [2.24, 2.45) is 0 Å². The molecule has 0 saturated carbocycles. The fraction of sp³-hybridized carbons (Fsp3) is 0.192. The van der Waals surface area contributed by atoms with Gasteiger partial charge < -0.3 is 18.9 Å². The lowest BCUT2D eigenvalue weighted by Crippen LogP contribution is -2.41. The Morgan fingerprint density at radius 1 is 0.622 bits per heavy atom. The molecule has 192 valence electrons. The normalized spacial score (nSPS) is 20.8. The van der Waals surface area contributed by atoms with Crippen LogP contribution in [0.3, 0.4) is 0 Å². The average Bonchev–Trinajstić information content (AvgIpc) is 3.17. The Kier molecular flexibility index (Phi) is 8.95. The predicted octanol–water partition coefficient (Wildman–Crippen LogP) is 6.22. The topological polar surface area (TPSA) is 88.1 Å². The minimum Gasteiger partial charge on any atom is -0.459 e. The molecule has 11 heteroatoms. The highest BCUT2D eigenvalue weighted by atomic mass is 35.5. The first-order chi connectivity index (χ1) is 17.7. The maximum Gasteiger partial charge on any atom is 0.338 e. The summed E-state index contributed by atoms with van der Waals surface area (Å²) >= 11 is 24.0. The van der Waals surface area contributed by atoms with Crippen LogP contribution in [-0.2, 0) is 18.9 Å². The number of esters is 3. The molecule has 4 rings (SSSR count). The molecule has 1 heterocycles. The molecule has 0 N–H and O–H groups in total. The van der Waals surface area contributed by atoms with E-state index in [4.69, 9.17) is 65.4 Å². The molecular weight excluding hydrogens is 566 g/mol. The van der Waals surface area contributed by atoms with Gasteiger partial charge in [0, 0.05) is 15.1 Å². The molecular formula is C26H18Cl4O7. The molecule has 0 bridgehead atoms. The van der Waals surface area contributed by atoms with Gasteiger partial charge in [0.15, 0.2) is 17.8 Å². The van der Waals surface area contributed by atoms with Crippen molar-refractivity contribution in [3.63, 3.8) is 0 Å². The molecule has 0 aromatic heterocycles. The Balaban J connectivity index is 1.52. The summed E-state index contributed by atoms with van der Waals surface area (Å²) in [5.74, 6) is -2.13. The van der Waals surface area contributed by atoms with E-state index in [1.807, 2.05) is 0 Å². The van der Waals surface area contributed by atoms with E-state index in [0.29, 0.717) is 15.1 Å². The van der Waals surface area contributed by atoms with E-state index in [-0.39, 0.29) is 23.3 Å². The van der Waals surface area contributed by atoms with Crippen LogP contribution >= 0.6 is 46.4 Å². The lowest BCUT2D eigenvalue weighted by Gasteiger charge is -2.23. The van der Waals surface area contributed by atoms with Gasteiger partial charge in [-0.1, -0.05) is 46.4 Å². The van der Waals surface area contributed by atoms with Crippen molar-refractivity contribution in [2.45, 2.75) is 23.9 Å². The average molecular weight is 584 g/mol.